The molecule has 0 saturated heterocycles. The lowest BCUT2D eigenvalue weighted by atomic mass is 9.84. The molecule has 0 bridgehead atoms. The Kier molecular flexibility index (Phi) is 2.85. The van der Waals surface area contributed by atoms with Gasteiger partial charge in [-0.05, 0) is 19.3 Å². The third-order valence-corrected chi connectivity index (χ3v) is 3.53. The molecule has 2 N–H and O–H groups in total. The summed E-state index contributed by atoms with van der Waals surface area (Å²) in [5.74, 6) is 0.0712. The number of hydrogen-bond donors (Lipinski definition) is 2. The predicted octanol–water partition coefficient (Wildman–Crippen LogP) is 1.74. The minimum Gasteiger partial charge on any atom is -0.481 e. The summed E-state index contributed by atoms with van der Waals surface area (Å²) in [7, 11) is 1.85. The summed E-state index contributed by atoms with van der Waals surface area (Å²) >= 11 is 0. The molecule has 1 aromatic rings. The summed E-state index contributed by atoms with van der Waals surface area (Å²) < 4.78 is 1.75. The maximum Gasteiger partial charge on any atom is 0.311 e. The largest absolute Gasteiger partial charge is 0.481 e. The molecule has 0 spiro atoms. The third kappa shape index (κ3) is 1.90. The van der Waals surface area contributed by atoms with Gasteiger partial charge in [-0.3, -0.25) is 9.48 Å². The molecule has 0 unspecified atom stereocenters. The number of fused-ring (bicyclic) bond motifs is 1. The van der Waals surface area contributed by atoms with E-state index in [0.717, 1.165) is 17.1 Å². The van der Waals surface area contributed by atoms with Crippen LogP contribution in [0.5, 0.6) is 0 Å². The van der Waals surface area contributed by atoms with E-state index in [1.165, 1.54) is 0 Å². The molecule has 5 heteroatoms. The molecular weight excluding hydrogens is 218 g/mol. The number of aryl methyl sites for hydroxylation is 2. The van der Waals surface area contributed by atoms with Gasteiger partial charge in [0.25, 0.3) is 0 Å². The lowest BCUT2D eigenvalue weighted by Gasteiger charge is -2.32. The number of nitrogens with one attached hydrogen (secondary N) is 1. The number of rotatable bonds is 2. The standard InChI is InChI=1S/C12H19N3O2/c1-6(2)9-5-8(12(16)17)10-7(3)14-15(4)11(10)13-9/h6,8-9,13H,5H2,1-4H3,(H,16,17)/t8-,9-/m0/s1. The van der Waals surface area contributed by atoms with Crippen LogP contribution in [0.1, 0.15) is 37.4 Å². The van der Waals surface area contributed by atoms with Gasteiger partial charge in [0, 0.05) is 18.7 Å². The first-order valence-corrected chi connectivity index (χ1v) is 5.94. The van der Waals surface area contributed by atoms with Gasteiger partial charge in [-0.25, -0.2) is 0 Å². The summed E-state index contributed by atoms with van der Waals surface area (Å²) in [5, 5.41) is 17.1. The highest BCUT2D eigenvalue weighted by molar-refractivity contribution is 5.80. The van der Waals surface area contributed by atoms with Crippen LogP contribution in [-0.2, 0) is 11.8 Å². The molecule has 5 nitrogen and oxygen atoms in total. The van der Waals surface area contributed by atoms with Crippen molar-refractivity contribution in [3.63, 3.8) is 0 Å². The Balaban J connectivity index is 2.47. The van der Waals surface area contributed by atoms with Crippen LogP contribution < -0.4 is 5.32 Å². The Bertz CT molecular complexity index is 451. The molecular formula is C12H19N3O2. The molecule has 0 radical (unpaired) electrons. The van der Waals surface area contributed by atoms with Crippen LogP contribution in [0.4, 0.5) is 5.82 Å². The van der Waals surface area contributed by atoms with E-state index in [1.807, 2.05) is 14.0 Å². The summed E-state index contributed by atoms with van der Waals surface area (Å²) in [6.07, 6.45) is 0.631. The molecule has 1 aromatic heterocycles. The number of carbonyl (C=O) groups is 1. The molecule has 2 rings (SSSR count). The molecule has 0 fully saturated rings. The maximum atomic E-state index is 11.4. The zero-order valence-electron chi connectivity index (χ0n) is 10.7. The Labute approximate surface area is 101 Å². The summed E-state index contributed by atoms with van der Waals surface area (Å²) in [4.78, 5) is 11.4. The van der Waals surface area contributed by atoms with E-state index in [2.05, 4.69) is 24.3 Å². The summed E-state index contributed by atoms with van der Waals surface area (Å²) in [5.41, 5.74) is 1.65. The smallest absolute Gasteiger partial charge is 0.311 e. The van der Waals surface area contributed by atoms with Crippen LogP contribution in [0.15, 0.2) is 0 Å². The van der Waals surface area contributed by atoms with Crippen molar-refractivity contribution in [3.8, 4) is 0 Å². The number of carboxylic acids is 1. The molecule has 17 heavy (non-hydrogen) atoms. The average Bonchev–Trinajstić information content (AvgIpc) is 2.53. The Morgan fingerprint density at radius 1 is 1.59 bits per heavy atom. The molecule has 0 aromatic carbocycles. The van der Waals surface area contributed by atoms with Gasteiger partial charge in [0.1, 0.15) is 5.82 Å². The first kappa shape index (κ1) is 12.0. The lowest BCUT2D eigenvalue weighted by Crippen LogP contribution is -2.35. The number of nitrogens with zero attached hydrogens (tertiary/aromatic N) is 2. The first-order chi connectivity index (χ1) is 7.91. The van der Waals surface area contributed by atoms with Gasteiger partial charge in [-0.1, -0.05) is 13.8 Å². The topological polar surface area (TPSA) is 67.2 Å². The van der Waals surface area contributed by atoms with E-state index in [-0.39, 0.29) is 6.04 Å². The third-order valence-electron chi connectivity index (χ3n) is 3.53. The number of aromatic nitrogens is 2. The highest BCUT2D eigenvalue weighted by Gasteiger charge is 2.36. The van der Waals surface area contributed by atoms with Crippen LogP contribution in [0, 0.1) is 12.8 Å². The maximum absolute atomic E-state index is 11.4. The van der Waals surface area contributed by atoms with Gasteiger partial charge in [0.05, 0.1) is 11.6 Å². The van der Waals surface area contributed by atoms with Crippen LogP contribution >= 0.6 is 0 Å². The highest BCUT2D eigenvalue weighted by atomic mass is 16.4. The SMILES string of the molecule is Cc1nn(C)c2c1[C@@H](C(=O)O)C[C@@H](C(C)C)N2. The minimum atomic E-state index is -0.755. The van der Waals surface area contributed by atoms with Crippen molar-refractivity contribution in [1.82, 2.24) is 9.78 Å². The van der Waals surface area contributed by atoms with E-state index in [4.69, 9.17) is 0 Å². The average molecular weight is 237 g/mol. The summed E-state index contributed by atoms with van der Waals surface area (Å²) in [6.45, 7) is 6.07. The van der Waals surface area contributed by atoms with Gasteiger partial charge in [-0.15, -0.1) is 0 Å². The monoisotopic (exact) mass is 237 g/mol. The van der Waals surface area contributed by atoms with E-state index in [1.54, 1.807) is 4.68 Å². The van der Waals surface area contributed by atoms with Crippen molar-refractivity contribution in [2.75, 3.05) is 5.32 Å². The second-order valence-electron chi connectivity index (χ2n) is 5.09. The van der Waals surface area contributed by atoms with Crippen molar-refractivity contribution in [2.24, 2.45) is 13.0 Å². The minimum absolute atomic E-state index is 0.193. The van der Waals surface area contributed by atoms with E-state index < -0.39 is 11.9 Å². The summed E-state index contributed by atoms with van der Waals surface area (Å²) in [6, 6.07) is 0.193. The fourth-order valence-electron chi connectivity index (χ4n) is 2.53. The van der Waals surface area contributed by atoms with Gasteiger partial charge < -0.3 is 10.4 Å². The van der Waals surface area contributed by atoms with Crippen LogP contribution in [0.3, 0.4) is 0 Å². The van der Waals surface area contributed by atoms with Crippen molar-refractivity contribution < 1.29 is 9.90 Å². The zero-order chi connectivity index (χ0) is 12.7. The van der Waals surface area contributed by atoms with Crippen molar-refractivity contribution in [2.45, 2.75) is 39.2 Å². The lowest BCUT2D eigenvalue weighted by molar-refractivity contribution is -0.139. The molecule has 94 valence electrons. The van der Waals surface area contributed by atoms with Crippen LogP contribution in [0.2, 0.25) is 0 Å². The molecule has 0 aliphatic carbocycles. The fraction of sp³-hybridized carbons (Fsp3) is 0.667. The molecule has 0 amide bonds. The van der Waals surface area contributed by atoms with E-state index >= 15 is 0 Å². The van der Waals surface area contributed by atoms with Crippen LogP contribution in [-0.4, -0.2) is 26.9 Å². The quantitative estimate of drug-likeness (QED) is 0.822. The van der Waals surface area contributed by atoms with Crippen molar-refractivity contribution >= 4 is 11.8 Å². The molecule has 1 aliphatic rings. The number of hydrogen-bond acceptors (Lipinski definition) is 3. The second-order valence-corrected chi connectivity index (χ2v) is 5.09. The second kappa shape index (κ2) is 4.05. The molecule has 0 saturated carbocycles. The van der Waals surface area contributed by atoms with Gasteiger partial charge >= 0.3 is 5.97 Å². The van der Waals surface area contributed by atoms with E-state index in [9.17, 15) is 9.90 Å². The Hall–Kier alpha value is -1.52. The zero-order valence-corrected chi connectivity index (χ0v) is 10.7. The van der Waals surface area contributed by atoms with Gasteiger partial charge in [0.2, 0.25) is 0 Å². The van der Waals surface area contributed by atoms with E-state index in [0.29, 0.717) is 12.3 Å². The molecule has 2 heterocycles. The number of aliphatic carboxylic acids is 1. The highest BCUT2D eigenvalue weighted by Crippen LogP contribution is 2.38. The Morgan fingerprint density at radius 2 is 2.24 bits per heavy atom. The van der Waals surface area contributed by atoms with Gasteiger partial charge in [-0.2, -0.15) is 5.10 Å². The number of carboxylic acid groups (broad SMARTS) is 1. The molecule has 1 aliphatic heterocycles. The molecule has 2 atom stereocenters. The first-order valence-electron chi connectivity index (χ1n) is 5.94. The number of anilines is 1. The predicted molar refractivity (Wildman–Crippen MR) is 65.2 cm³/mol. The van der Waals surface area contributed by atoms with Crippen molar-refractivity contribution in [1.29, 1.82) is 0 Å². The van der Waals surface area contributed by atoms with Gasteiger partial charge in [0.15, 0.2) is 0 Å². The fourth-order valence-corrected chi connectivity index (χ4v) is 2.53. The van der Waals surface area contributed by atoms with Crippen molar-refractivity contribution in [3.05, 3.63) is 11.3 Å². The Morgan fingerprint density at radius 3 is 2.76 bits per heavy atom. The van der Waals surface area contributed by atoms with Crippen LogP contribution in [0.25, 0.3) is 0 Å². The normalized spacial score (nSPS) is 23.4.